The molecule has 8 nitrogen and oxygen atoms in total. The number of carbonyl (C=O) groups excluding carboxylic acids is 1. The minimum absolute atomic E-state index is 0.143. The van der Waals surface area contributed by atoms with Crippen LogP contribution in [-0.2, 0) is 0 Å². The van der Waals surface area contributed by atoms with E-state index in [0.717, 1.165) is 4.47 Å². The second-order valence-corrected chi connectivity index (χ2v) is 5.64. The average Bonchev–Trinajstić information content (AvgIpc) is 2.94. The number of nitrogens with one attached hydrogen (secondary N) is 1. The molecule has 9 heteroatoms. The summed E-state index contributed by atoms with van der Waals surface area (Å²) in [5.41, 5.74) is 0. The molecule has 21 heavy (non-hydrogen) atoms. The number of aromatic nitrogens is 5. The molecular weight excluding hydrogens is 338 g/mol. The molecule has 3 rings (SSSR count). The molecule has 1 aliphatic heterocycles. The van der Waals surface area contributed by atoms with Crippen LogP contribution in [0, 0.1) is 6.92 Å². The van der Waals surface area contributed by atoms with Crippen molar-refractivity contribution in [2.24, 2.45) is 0 Å². The number of piperazine rings is 1. The largest absolute Gasteiger partial charge is 0.337 e. The van der Waals surface area contributed by atoms with Gasteiger partial charge in [0.25, 0.3) is 5.91 Å². The Hall–Kier alpha value is -2.03. The third kappa shape index (κ3) is 3.02. The van der Waals surface area contributed by atoms with Gasteiger partial charge >= 0.3 is 0 Å². The van der Waals surface area contributed by atoms with Crippen molar-refractivity contribution in [1.29, 1.82) is 0 Å². The molecule has 0 bridgehead atoms. The second kappa shape index (κ2) is 5.76. The summed E-state index contributed by atoms with van der Waals surface area (Å²) >= 11 is 3.31. The van der Waals surface area contributed by atoms with Crippen molar-refractivity contribution < 1.29 is 4.79 Å². The molecular formula is C12H14BrN7O. The predicted octanol–water partition coefficient (Wildman–Crippen LogP) is 0.628. The molecule has 1 amide bonds. The number of anilines is 1. The molecule has 0 atom stereocenters. The summed E-state index contributed by atoms with van der Waals surface area (Å²) in [5, 5.41) is 6.59. The van der Waals surface area contributed by atoms with Gasteiger partial charge in [0.05, 0.1) is 4.47 Å². The summed E-state index contributed by atoms with van der Waals surface area (Å²) in [6, 6.07) is 0. The zero-order valence-electron chi connectivity index (χ0n) is 11.5. The van der Waals surface area contributed by atoms with Crippen LogP contribution in [0.4, 0.5) is 5.95 Å². The molecule has 0 unspecified atom stereocenters. The van der Waals surface area contributed by atoms with Crippen LogP contribution in [0.15, 0.2) is 16.9 Å². The molecule has 1 aliphatic rings. The maximum Gasteiger partial charge on any atom is 0.293 e. The molecule has 3 heterocycles. The minimum atomic E-state index is -0.143. The summed E-state index contributed by atoms with van der Waals surface area (Å²) < 4.78 is 0.847. The summed E-state index contributed by atoms with van der Waals surface area (Å²) in [6.45, 7) is 4.36. The Balaban J connectivity index is 1.62. The van der Waals surface area contributed by atoms with Crippen molar-refractivity contribution in [2.45, 2.75) is 6.92 Å². The monoisotopic (exact) mass is 351 g/mol. The first-order chi connectivity index (χ1) is 10.1. The van der Waals surface area contributed by atoms with Crippen LogP contribution in [0.25, 0.3) is 0 Å². The highest BCUT2D eigenvalue weighted by molar-refractivity contribution is 9.10. The maximum absolute atomic E-state index is 12.2. The van der Waals surface area contributed by atoms with Crippen molar-refractivity contribution in [3.05, 3.63) is 28.5 Å². The van der Waals surface area contributed by atoms with Gasteiger partial charge in [0.1, 0.15) is 5.82 Å². The van der Waals surface area contributed by atoms with E-state index in [1.165, 1.54) is 0 Å². The molecule has 1 fully saturated rings. The lowest BCUT2D eigenvalue weighted by Crippen LogP contribution is -2.49. The van der Waals surface area contributed by atoms with Gasteiger partial charge in [0.2, 0.25) is 11.8 Å². The fourth-order valence-corrected chi connectivity index (χ4v) is 2.36. The number of carbonyl (C=O) groups is 1. The van der Waals surface area contributed by atoms with Gasteiger partial charge in [-0.1, -0.05) is 0 Å². The van der Waals surface area contributed by atoms with E-state index in [0.29, 0.717) is 38.0 Å². The number of aromatic amines is 1. The Morgan fingerprint density at radius 3 is 2.48 bits per heavy atom. The molecule has 0 aliphatic carbocycles. The van der Waals surface area contributed by atoms with Crippen molar-refractivity contribution in [3.63, 3.8) is 0 Å². The van der Waals surface area contributed by atoms with Crippen molar-refractivity contribution in [1.82, 2.24) is 30.0 Å². The molecule has 1 saturated heterocycles. The summed E-state index contributed by atoms with van der Waals surface area (Å²) in [4.78, 5) is 28.6. The van der Waals surface area contributed by atoms with E-state index in [-0.39, 0.29) is 11.7 Å². The van der Waals surface area contributed by atoms with Gasteiger partial charge in [0.15, 0.2) is 0 Å². The van der Waals surface area contributed by atoms with Crippen LogP contribution in [0.2, 0.25) is 0 Å². The molecule has 1 N–H and O–H groups in total. The van der Waals surface area contributed by atoms with Crippen LogP contribution in [-0.4, -0.2) is 62.1 Å². The summed E-state index contributed by atoms with van der Waals surface area (Å²) in [7, 11) is 0. The van der Waals surface area contributed by atoms with E-state index in [9.17, 15) is 4.79 Å². The van der Waals surface area contributed by atoms with Gasteiger partial charge in [0, 0.05) is 38.6 Å². The summed E-state index contributed by atoms with van der Waals surface area (Å²) in [6.07, 6.45) is 3.44. The van der Waals surface area contributed by atoms with Crippen molar-refractivity contribution in [2.75, 3.05) is 31.1 Å². The molecule has 0 radical (unpaired) electrons. The van der Waals surface area contributed by atoms with Crippen LogP contribution in [0.5, 0.6) is 0 Å². The summed E-state index contributed by atoms with van der Waals surface area (Å²) in [5.74, 6) is 1.40. The van der Waals surface area contributed by atoms with Crippen molar-refractivity contribution >= 4 is 27.8 Å². The smallest absolute Gasteiger partial charge is 0.293 e. The Bertz CT molecular complexity index is 633. The van der Waals surface area contributed by atoms with E-state index in [1.807, 2.05) is 0 Å². The Kier molecular flexibility index (Phi) is 3.82. The molecule has 0 saturated carbocycles. The first-order valence-corrected chi connectivity index (χ1v) is 7.33. The Labute approximate surface area is 129 Å². The molecule has 110 valence electrons. The van der Waals surface area contributed by atoms with Crippen molar-refractivity contribution in [3.8, 4) is 0 Å². The highest BCUT2D eigenvalue weighted by Crippen LogP contribution is 2.14. The number of hydrogen-bond acceptors (Lipinski definition) is 6. The quantitative estimate of drug-likeness (QED) is 0.853. The lowest BCUT2D eigenvalue weighted by Gasteiger charge is -2.34. The van der Waals surface area contributed by atoms with E-state index in [2.05, 4.69) is 46.0 Å². The number of aryl methyl sites for hydroxylation is 1. The van der Waals surface area contributed by atoms with E-state index < -0.39 is 0 Å². The van der Waals surface area contributed by atoms with Gasteiger partial charge in [-0.3, -0.25) is 9.89 Å². The zero-order valence-corrected chi connectivity index (χ0v) is 13.0. The highest BCUT2D eigenvalue weighted by Gasteiger charge is 2.25. The standard InChI is InChI=1S/C12H14BrN7O/c1-8-16-10(18-17-8)11(21)19-2-4-20(5-3-19)12-14-6-9(13)7-15-12/h6-7H,2-5H2,1H3,(H,16,17,18). The molecule has 0 spiro atoms. The van der Waals surface area contributed by atoms with Crippen LogP contribution in [0.1, 0.15) is 16.4 Å². The van der Waals surface area contributed by atoms with Crippen LogP contribution >= 0.6 is 15.9 Å². The van der Waals surface area contributed by atoms with Crippen LogP contribution in [0.3, 0.4) is 0 Å². The third-order valence-electron chi connectivity index (χ3n) is 3.24. The highest BCUT2D eigenvalue weighted by atomic mass is 79.9. The van der Waals surface area contributed by atoms with Gasteiger partial charge in [-0.15, -0.1) is 5.10 Å². The van der Waals surface area contributed by atoms with E-state index >= 15 is 0 Å². The SMILES string of the molecule is Cc1nc(C(=O)N2CCN(c3ncc(Br)cn3)CC2)n[nH]1. The number of hydrogen-bond donors (Lipinski definition) is 1. The lowest BCUT2D eigenvalue weighted by atomic mass is 10.3. The fraction of sp³-hybridized carbons (Fsp3) is 0.417. The molecule has 2 aromatic rings. The number of rotatable bonds is 2. The minimum Gasteiger partial charge on any atom is -0.337 e. The Morgan fingerprint density at radius 2 is 1.90 bits per heavy atom. The maximum atomic E-state index is 12.2. The zero-order chi connectivity index (χ0) is 14.8. The normalized spacial score (nSPS) is 15.3. The van der Waals surface area contributed by atoms with E-state index in [1.54, 1.807) is 24.2 Å². The average molecular weight is 352 g/mol. The second-order valence-electron chi connectivity index (χ2n) is 4.72. The first kappa shape index (κ1) is 13.9. The number of halogens is 1. The van der Waals surface area contributed by atoms with Gasteiger partial charge in [-0.2, -0.15) is 0 Å². The first-order valence-electron chi connectivity index (χ1n) is 6.54. The van der Waals surface area contributed by atoms with Gasteiger partial charge < -0.3 is 9.80 Å². The number of nitrogens with zero attached hydrogens (tertiary/aromatic N) is 6. The van der Waals surface area contributed by atoms with Gasteiger partial charge in [-0.25, -0.2) is 15.0 Å². The van der Waals surface area contributed by atoms with Gasteiger partial charge in [-0.05, 0) is 22.9 Å². The third-order valence-corrected chi connectivity index (χ3v) is 3.65. The fourth-order valence-electron chi connectivity index (χ4n) is 2.16. The van der Waals surface area contributed by atoms with E-state index in [4.69, 9.17) is 0 Å². The van der Waals surface area contributed by atoms with Crippen LogP contribution < -0.4 is 4.90 Å². The number of amides is 1. The molecule has 2 aromatic heterocycles. The molecule has 0 aromatic carbocycles. The Morgan fingerprint density at radius 1 is 1.24 bits per heavy atom. The number of H-pyrrole nitrogens is 1. The predicted molar refractivity (Wildman–Crippen MR) is 79.0 cm³/mol. The topological polar surface area (TPSA) is 90.9 Å². The lowest BCUT2D eigenvalue weighted by molar-refractivity contribution is 0.0734.